The Morgan fingerprint density at radius 2 is 2.26 bits per heavy atom. The van der Waals surface area contributed by atoms with E-state index in [2.05, 4.69) is 10.2 Å². The molecule has 1 rings (SSSR count). The minimum atomic E-state index is -0.0401. The van der Waals surface area contributed by atoms with Crippen molar-refractivity contribution < 1.29 is 9.59 Å². The maximum absolute atomic E-state index is 12.0. The van der Waals surface area contributed by atoms with E-state index in [0.29, 0.717) is 32.5 Å². The Labute approximate surface area is 120 Å². The maximum Gasteiger partial charge on any atom is 0.224 e. The average Bonchev–Trinajstić information content (AvgIpc) is 2.37. The van der Waals surface area contributed by atoms with Gasteiger partial charge in [0.25, 0.3) is 0 Å². The second kappa shape index (κ2) is 8.43. The lowest BCUT2D eigenvalue weighted by atomic mass is 9.96. The summed E-state index contributed by atoms with van der Waals surface area (Å²) in [6.07, 6.45) is 3.20. The molecule has 5 nitrogen and oxygen atoms in total. The largest absolute Gasteiger partial charge is 0.355 e. The summed E-state index contributed by atoms with van der Waals surface area (Å²) in [4.78, 5) is 27.7. The lowest BCUT2D eigenvalue weighted by Crippen LogP contribution is -2.47. The fourth-order valence-electron chi connectivity index (χ4n) is 2.09. The number of carbonyl (C=O) groups excluding carboxylic acids is 2. The zero-order valence-corrected chi connectivity index (χ0v) is 13.0. The van der Waals surface area contributed by atoms with Crippen LogP contribution >= 0.6 is 11.8 Å². The van der Waals surface area contributed by atoms with Gasteiger partial charge in [-0.3, -0.25) is 9.59 Å². The Morgan fingerprint density at radius 3 is 2.89 bits per heavy atom. The zero-order valence-electron chi connectivity index (χ0n) is 12.1. The molecule has 0 aromatic rings. The first-order valence-electron chi connectivity index (χ1n) is 6.73. The van der Waals surface area contributed by atoms with Gasteiger partial charge in [0.1, 0.15) is 0 Å². The molecular weight excluding hydrogens is 262 g/mol. The standard InChI is InChI=1S/C13H25N3O2S/c1-15(2)7-8-16-10-11(4-5-12(16)17)13(18)14-6-9-19-3/h11H,4-10H2,1-3H3,(H,14,18). The first-order valence-corrected chi connectivity index (χ1v) is 8.13. The number of likely N-dealkylation sites (tertiary alicyclic amines) is 1. The van der Waals surface area contributed by atoms with Crippen LogP contribution in [0.25, 0.3) is 0 Å². The minimum absolute atomic E-state index is 0.0401. The highest BCUT2D eigenvalue weighted by Crippen LogP contribution is 2.17. The lowest BCUT2D eigenvalue weighted by molar-refractivity contribution is -0.138. The monoisotopic (exact) mass is 287 g/mol. The van der Waals surface area contributed by atoms with Gasteiger partial charge in [0.15, 0.2) is 0 Å². The summed E-state index contributed by atoms with van der Waals surface area (Å²) in [5.74, 6) is 1.16. The molecule has 2 amide bonds. The van der Waals surface area contributed by atoms with Crippen molar-refractivity contribution in [2.24, 2.45) is 5.92 Å². The molecule has 0 aliphatic carbocycles. The molecule has 1 atom stereocenters. The van der Waals surface area contributed by atoms with E-state index in [1.165, 1.54) is 0 Å². The number of likely N-dealkylation sites (N-methyl/N-ethyl adjacent to an activating group) is 1. The first-order chi connectivity index (χ1) is 9.04. The molecule has 0 radical (unpaired) electrons. The van der Waals surface area contributed by atoms with Crippen LogP contribution in [0.2, 0.25) is 0 Å². The van der Waals surface area contributed by atoms with E-state index in [-0.39, 0.29) is 17.7 Å². The number of piperidine rings is 1. The van der Waals surface area contributed by atoms with Crippen molar-refractivity contribution >= 4 is 23.6 Å². The van der Waals surface area contributed by atoms with E-state index in [9.17, 15) is 9.59 Å². The molecule has 6 heteroatoms. The Morgan fingerprint density at radius 1 is 1.53 bits per heavy atom. The van der Waals surface area contributed by atoms with Crippen LogP contribution in [0, 0.1) is 5.92 Å². The minimum Gasteiger partial charge on any atom is -0.355 e. The third-order valence-electron chi connectivity index (χ3n) is 3.29. The third-order valence-corrected chi connectivity index (χ3v) is 3.91. The van der Waals surface area contributed by atoms with Crippen LogP contribution < -0.4 is 5.32 Å². The molecule has 1 saturated heterocycles. The van der Waals surface area contributed by atoms with Gasteiger partial charge >= 0.3 is 0 Å². The van der Waals surface area contributed by atoms with Crippen molar-refractivity contribution in [2.45, 2.75) is 12.8 Å². The van der Waals surface area contributed by atoms with Gasteiger partial charge in [-0.25, -0.2) is 0 Å². The maximum atomic E-state index is 12.0. The molecule has 1 N–H and O–H groups in total. The Kier molecular flexibility index (Phi) is 7.23. The van der Waals surface area contributed by atoms with Gasteiger partial charge in [-0.1, -0.05) is 0 Å². The molecule has 1 heterocycles. The van der Waals surface area contributed by atoms with Crippen molar-refractivity contribution in [3.8, 4) is 0 Å². The quantitative estimate of drug-likeness (QED) is 0.683. The molecule has 19 heavy (non-hydrogen) atoms. The van der Waals surface area contributed by atoms with E-state index in [1.807, 2.05) is 25.3 Å². The molecule has 0 aromatic heterocycles. The van der Waals surface area contributed by atoms with Crippen molar-refractivity contribution in [1.29, 1.82) is 0 Å². The summed E-state index contributed by atoms with van der Waals surface area (Å²) in [5.41, 5.74) is 0. The number of hydrogen-bond acceptors (Lipinski definition) is 4. The number of nitrogens with zero attached hydrogens (tertiary/aromatic N) is 2. The smallest absolute Gasteiger partial charge is 0.224 e. The summed E-state index contributed by atoms with van der Waals surface area (Å²) < 4.78 is 0. The summed E-state index contributed by atoms with van der Waals surface area (Å²) in [5, 5.41) is 2.95. The van der Waals surface area contributed by atoms with Crippen molar-refractivity contribution in [3.63, 3.8) is 0 Å². The number of nitrogens with one attached hydrogen (secondary N) is 1. The summed E-state index contributed by atoms with van der Waals surface area (Å²) >= 11 is 1.72. The van der Waals surface area contributed by atoms with Gasteiger partial charge in [-0.2, -0.15) is 11.8 Å². The van der Waals surface area contributed by atoms with Gasteiger partial charge in [0.2, 0.25) is 11.8 Å². The van der Waals surface area contributed by atoms with Crippen molar-refractivity contribution in [2.75, 3.05) is 52.3 Å². The molecule has 1 unspecified atom stereocenters. The molecule has 0 aromatic carbocycles. The van der Waals surface area contributed by atoms with Gasteiger partial charge in [-0.05, 0) is 26.8 Å². The molecule has 110 valence electrons. The van der Waals surface area contributed by atoms with Crippen LogP contribution in [0.1, 0.15) is 12.8 Å². The van der Waals surface area contributed by atoms with Gasteiger partial charge in [0.05, 0.1) is 5.92 Å². The molecular formula is C13H25N3O2S. The van der Waals surface area contributed by atoms with E-state index in [0.717, 1.165) is 12.3 Å². The predicted molar refractivity (Wildman–Crippen MR) is 79.2 cm³/mol. The number of rotatable bonds is 7. The summed E-state index contributed by atoms with van der Waals surface area (Å²) in [6, 6.07) is 0. The van der Waals surface area contributed by atoms with Crippen LogP contribution in [0.4, 0.5) is 0 Å². The predicted octanol–water partition coefficient (Wildman–Crippen LogP) is 0.266. The van der Waals surface area contributed by atoms with Crippen LogP contribution in [0.15, 0.2) is 0 Å². The highest BCUT2D eigenvalue weighted by molar-refractivity contribution is 7.98. The molecule has 1 fully saturated rings. The molecule has 0 saturated carbocycles. The SMILES string of the molecule is CSCCNC(=O)C1CCC(=O)N(CCN(C)C)C1. The molecule has 1 aliphatic heterocycles. The van der Waals surface area contributed by atoms with Crippen LogP contribution in [-0.4, -0.2) is 73.9 Å². The normalized spacial score (nSPS) is 19.9. The number of hydrogen-bond donors (Lipinski definition) is 1. The van der Waals surface area contributed by atoms with E-state index in [4.69, 9.17) is 0 Å². The third kappa shape index (κ3) is 5.82. The number of thioether (sulfide) groups is 1. The van der Waals surface area contributed by atoms with Gasteiger partial charge < -0.3 is 15.1 Å². The lowest BCUT2D eigenvalue weighted by Gasteiger charge is -2.32. The highest BCUT2D eigenvalue weighted by Gasteiger charge is 2.29. The average molecular weight is 287 g/mol. The van der Waals surface area contributed by atoms with Crippen LogP contribution in [0.3, 0.4) is 0 Å². The van der Waals surface area contributed by atoms with E-state index < -0.39 is 0 Å². The highest BCUT2D eigenvalue weighted by atomic mass is 32.2. The number of carbonyl (C=O) groups is 2. The second-order valence-corrected chi connectivity index (χ2v) is 6.15. The fourth-order valence-corrected chi connectivity index (χ4v) is 2.39. The van der Waals surface area contributed by atoms with Crippen molar-refractivity contribution in [1.82, 2.24) is 15.1 Å². The summed E-state index contributed by atoms with van der Waals surface area (Å²) in [7, 11) is 3.97. The van der Waals surface area contributed by atoms with Gasteiger partial charge in [-0.15, -0.1) is 0 Å². The van der Waals surface area contributed by atoms with E-state index in [1.54, 1.807) is 11.8 Å². The topological polar surface area (TPSA) is 52.7 Å². The van der Waals surface area contributed by atoms with Crippen LogP contribution in [0.5, 0.6) is 0 Å². The second-order valence-electron chi connectivity index (χ2n) is 5.16. The fraction of sp³-hybridized carbons (Fsp3) is 0.846. The molecule has 0 spiro atoms. The Bertz CT molecular complexity index is 310. The van der Waals surface area contributed by atoms with Gasteiger partial charge in [0, 0.05) is 38.4 Å². The summed E-state index contributed by atoms with van der Waals surface area (Å²) in [6.45, 7) is 2.83. The van der Waals surface area contributed by atoms with E-state index >= 15 is 0 Å². The molecule has 0 bridgehead atoms. The molecule has 1 aliphatic rings. The zero-order chi connectivity index (χ0) is 14.3. The van der Waals surface area contributed by atoms with Crippen LogP contribution in [-0.2, 0) is 9.59 Å². The Balaban J connectivity index is 2.40. The number of amides is 2. The Hall–Kier alpha value is -0.750. The first kappa shape index (κ1) is 16.3. The van der Waals surface area contributed by atoms with Crippen molar-refractivity contribution in [3.05, 3.63) is 0 Å².